The number of rotatable bonds is 3. The molecule has 1 aromatic rings. The van der Waals surface area contributed by atoms with E-state index in [1.807, 2.05) is 13.8 Å². The van der Waals surface area contributed by atoms with Crippen molar-refractivity contribution in [2.24, 2.45) is 11.8 Å². The number of likely N-dealkylation sites (tertiary alicyclic amines) is 1. The molecule has 1 saturated heterocycles. The predicted octanol–water partition coefficient (Wildman–Crippen LogP) is 1.91. The van der Waals surface area contributed by atoms with Crippen molar-refractivity contribution in [2.45, 2.75) is 27.3 Å². The van der Waals surface area contributed by atoms with Crippen LogP contribution < -0.4 is 0 Å². The summed E-state index contributed by atoms with van der Waals surface area (Å²) in [6, 6.07) is 0. The van der Waals surface area contributed by atoms with Gasteiger partial charge in [-0.15, -0.1) is 11.3 Å². The van der Waals surface area contributed by atoms with Crippen LogP contribution in [0, 0.1) is 25.7 Å². The zero-order valence-corrected chi connectivity index (χ0v) is 11.3. The van der Waals surface area contributed by atoms with Crippen LogP contribution in [0.25, 0.3) is 0 Å². The van der Waals surface area contributed by atoms with Gasteiger partial charge in [0.1, 0.15) is 5.01 Å². The first kappa shape index (κ1) is 12.5. The smallest absolute Gasteiger partial charge is 0.308 e. The van der Waals surface area contributed by atoms with E-state index in [4.69, 9.17) is 5.11 Å². The highest BCUT2D eigenvalue weighted by Crippen LogP contribution is 2.26. The van der Waals surface area contributed by atoms with Crippen LogP contribution in [-0.2, 0) is 11.3 Å². The average Bonchev–Trinajstić information content (AvgIpc) is 2.72. The molecule has 2 unspecified atom stereocenters. The molecular weight excluding hydrogens is 236 g/mol. The SMILES string of the molecule is Cc1nc(CN2CC(C)C(C(=O)O)C2)sc1C. The molecule has 2 atom stereocenters. The first-order valence-corrected chi connectivity index (χ1v) is 6.67. The standard InChI is InChI=1S/C12H18N2O2S/c1-7-4-14(5-10(7)12(15)16)6-11-13-8(2)9(3)17-11/h7,10H,4-6H2,1-3H3,(H,15,16). The van der Waals surface area contributed by atoms with Gasteiger partial charge in [-0.05, 0) is 19.8 Å². The molecule has 2 heterocycles. The summed E-state index contributed by atoms with van der Waals surface area (Å²) in [5.74, 6) is -0.668. The summed E-state index contributed by atoms with van der Waals surface area (Å²) < 4.78 is 0. The van der Waals surface area contributed by atoms with Crippen LogP contribution in [0.15, 0.2) is 0 Å². The van der Waals surface area contributed by atoms with Crippen molar-refractivity contribution >= 4 is 17.3 Å². The maximum absolute atomic E-state index is 11.0. The second-order valence-corrected chi connectivity index (χ2v) is 6.15. The van der Waals surface area contributed by atoms with Gasteiger partial charge in [-0.3, -0.25) is 9.69 Å². The number of aryl methyl sites for hydroxylation is 2. The summed E-state index contributed by atoms with van der Waals surface area (Å²) in [6.07, 6.45) is 0. The van der Waals surface area contributed by atoms with E-state index in [1.54, 1.807) is 11.3 Å². The molecule has 1 aromatic heterocycles. The van der Waals surface area contributed by atoms with Gasteiger partial charge < -0.3 is 5.11 Å². The van der Waals surface area contributed by atoms with Crippen molar-refractivity contribution in [2.75, 3.05) is 13.1 Å². The fourth-order valence-electron chi connectivity index (χ4n) is 2.32. The number of aliphatic carboxylic acids is 1. The number of carboxylic acids is 1. The number of carboxylic acid groups (broad SMARTS) is 1. The van der Waals surface area contributed by atoms with E-state index in [-0.39, 0.29) is 11.8 Å². The molecule has 5 heteroatoms. The Morgan fingerprint density at radius 1 is 1.53 bits per heavy atom. The molecule has 0 saturated carbocycles. The van der Waals surface area contributed by atoms with Crippen LogP contribution in [0.2, 0.25) is 0 Å². The molecule has 1 aliphatic rings. The van der Waals surface area contributed by atoms with Crippen molar-refractivity contribution in [3.8, 4) is 0 Å². The minimum atomic E-state index is -0.675. The van der Waals surface area contributed by atoms with Gasteiger partial charge in [0.25, 0.3) is 0 Å². The van der Waals surface area contributed by atoms with Gasteiger partial charge in [0.05, 0.1) is 18.2 Å². The topological polar surface area (TPSA) is 53.4 Å². The Labute approximate surface area is 105 Å². The number of aromatic nitrogens is 1. The largest absolute Gasteiger partial charge is 0.481 e. The highest BCUT2D eigenvalue weighted by molar-refractivity contribution is 7.11. The number of carbonyl (C=O) groups is 1. The lowest BCUT2D eigenvalue weighted by molar-refractivity contribution is -0.142. The van der Waals surface area contributed by atoms with Gasteiger partial charge in [-0.25, -0.2) is 4.98 Å². The maximum atomic E-state index is 11.0. The molecule has 0 aliphatic carbocycles. The lowest BCUT2D eigenvalue weighted by Gasteiger charge is -2.12. The first-order valence-electron chi connectivity index (χ1n) is 5.85. The Bertz CT molecular complexity index is 411. The summed E-state index contributed by atoms with van der Waals surface area (Å²) >= 11 is 1.71. The third kappa shape index (κ3) is 2.66. The highest BCUT2D eigenvalue weighted by atomic mass is 32.1. The zero-order chi connectivity index (χ0) is 12.6. The second kappa shape index (κ2) is 4.74. The molecular formula is C12H18N2O2S. The molecule has 0 spiro atoms. The van der Waals surface area contributed by atoms with Crippen molar-refractivity contribution in [3.63, 3.8) is 0 Å². The molecule has 0 aromatic carbocycles. The Hall–Kier alpha value is -0.940. The van der Waals surface area contributed by atoms with Crippen molar-refractivity contribution in [3.05, 3.63) is 15.6 Å². The molecule has 0 amide bonds. The van der Waals surface area contributed by atoms with Crippen molar-refractivity contribution < 1.29 is 9.90 Å². The van der Waals surface area contributed by atoms with Gasteiger partial charge in [-0.2, -0.15) is 0 Å². The predicted molar refractivity (Wildman–Crippen MR) is 67.2 cm³/mol. The van der Waals surface area contributed by atoms with E-state index in [0.717, 1.165) is 23.8 Å². The van der Waals surface area contributed by atoms with Crippen LogP contribution in [0.3, 0.4) is 0 Å². The summed E-state index contributed by atoms with van der Waals surface area (Å²) in [5.41, 5.74) is 1.09. The van der Waals surface area contributed by atoms with Gasteiger partial charge in [0.2, 0.25) is 0 Å². The van der Waals surface area contributed by atoms with E-state index in [0.29, 0.717) is 6.54 Å². The third-order valence-electron chi connectivity index (χ3n) is 3.44. The number of nitrogens with zero attached hydrogens (tertiary/aromatic N) is 2. The zero-order valence-electron chi connectivity index (χ0n) is 10.4. The summed E-state index contributed by atoms with van der Waals surface area (Å²) in [6.45, 7) is 8.39. The van der Waals surface area contributed by atoms with E-state index >= 15 is 0 Å². The molecule has 17 heavy (non-hydrogen) atoms. The molecule has 4 nitrogen and oxygen atoms in total. The minimum absolute atomic E-state index is 0.225. The Morgan fingerprint density at radius 3 is 2.71 bits per heavy atom. The molecule has 1 fully saturated rings. The fraction of sp³-hybridized carbons (Fsp3) is 0.667. The fourth-order valence-corrected chi connectivity index (χ4v) is 3.29. The molecule has 2 rings (SSSR count). The second-order valence-electron chi connectivity index (χ2n) is 4.87. The minimum Gasteiger partial charge on any atom is -0.481 e. The maximum Gasteiger partial charge on any atom is 0.308 e. The van der Waals surface area contributed by atoms with Crippen LogP contribution in [-0.4, -0.2) is 34.0 Å². The Balaban J connectivity index is 2.00. The van der Waals surface area contributed by atoms with E-state index in [9.17, 15) is 4.79 Å². The lowest BCUT2D eigenvalue weighted by Crippen LogP contribution is -2.23. The van der Waals surface area contributed by atoms with Crippen LogP contribution in [0.5, 0.6) is 0 Å². The summed E-state index contributed by atoms with van der Waals surface area (Å²) in [4.78, 5) is 19.0. The van der Waals surface area contributed by atoms with Crippen molar-refractivity contribution in [1.82, 2.24) is 9.88 Å². The molecule has 1 aliphatic heterocycles. The monoisotopic (exact) mass is 254 g/mol. The van der Waals surface area contributed by atoms with Crippen LogP contribution in [0.4, 0.5) is 0 Å². The van der Waals surface area contributed by atoms with Crippen molar-refractivity contribution in [1.29, 1.82) is 0 Å². The van der Waals surface area contributed by atoms with Gasteiger partial charge in [0, 0.05) is 18.0 Å². The Morgan fingerprint density at radius 2 is 2.24 bits per heavy atom. The number of thiazole rings is 1. The number of hydrogen-bond acceptors (Lipinski definition) is 4. The molecule has 0 radical (unpaired) electrons. The Kier molecular flexibility index (Phi) is 3.49. The van der Waals surface area contributed by atoms with Gasteiger partial charge >= 0.3 is 5.97 Å². The molecule has 0 bridgehead atoms. The molecule has 1 N–H and O–H groups in total. The normalized spacial score (nSPS) is 25.4. The number of hydrogen-bond donors (Lipinski definition) is 1. The lowest BCUT2D eigenvalue weighted by atomic mass is 9.99. The van der Waals surface area contributed by atoms with Crippen LogP contribution >= 0.6 is 11.3 Å². The van der Waals surface area contributed by atoms with Gasteiger partial charge in [-0.1, -0.05) is 6.92 Å². The molecule has 94 valence electrons. The van der Waals surface area contributed by atoms with E-state index < -0.39 is 5.97 Å². The van der Waals surface area contributed by atoms with E-state index in [2.05, 4.69) is 16.8 Å². The van der Waals surface area contributed by atoms with Crippen LogP contribution in [0.1, 0.15) is 22.5 Å². The summed E-state index contributed by atoms with van der Waals surface area (Å²) in [5, 5.41) is 10.2. The van der Waals surface area contributed by atoms with Gasteiger partial charge in [0.15, 0.2) is 0 Å². The van der Waals surface area contributed by atoms with E-state index in [1.165, 1.54) is 4.88 Å². The average molecular weight is 254 g/mol. The first-order chi connectivity index (χ1) is 7.97. The summed E-state index contributed by atoms with van der Waals surface area (Å²) in [7, 11) is 0. The third-order valence-corrected chi connectivity index (χ3v) is 4.49. The quantitative estimate of drug-likeness (QED) is 0.895. The highest BCUT2D eigenvalue weighted by Gasteiger charge is 2.34.